The fourth-order valence-electron chi connectivity index (χ4n) is 3.06. The summed E-state index contributed by atoms with van der Waals surface area (Å²) in [6, 6.07) is 21.5. The summed E-state index contributed by atoms with van der Waals surface area (Å²) in [6.45, 7) is 1.87. The number of halogens is 1. The van der Waals surface area contributed by atoms with Gasteiger partial charge in [0.25, 0.3) is 0 Å². The zero-order chi connectivity index (χ0) is 19.2. The van der Waals surface area contributed by atoms with Crippen molar-refractivity contribution in [2.24, 2.45) is 0 Å². The largest absolute Gasteiger partial charge is 0.348 e. The lowest BCUT2D eigenvalue weighted by Crippen LogP contribution is -2.38. The normalized spacial score (nSPS) is 11.8. The van der Waals surface area contributed by atoms with Gasteiger partial charge in [-0.05, 0) is 34.9 Å². The Morgan fingerprint density at radius 2 is 1.63 bits per heavy atom. The van der Waals surface area contributed by atoms with Crippen LogP contribution < -0.4 is 10.6 Å². The minimum Gasteiger partial charge on any atom is -0.348 e. The second kappa shape index (κ2) is 8.82. The minimum absolute atomic E-state index is 0.0433. The van der Waals surface area contributed by atoms with Crippen molar-refractivity contribution in [3.05, 3.63) is 82.3 Å². The van der Waals surface area contributed by atoms with E-state index in [0.717, 1.165) is 26.4 Å². The molecule has 0 bridgehead atoms. The van der Waals surface area contributed by atoms with Crippen molar-refractivity contribution < 1.29 is 9.59 Å². The van der Waals surface area contributed by atoms with Crippen LogP contribution in [-0.4, -0.2) is 18.4 Å². The van der Waals surface area contributed by atoms with E-state index in [2.05, 4.69) is 26.6 Å². The lowest BCUT2D eigenvalue weighted by molar-refractivity contribution is -0.126. The number of carbonyl (C=O) groups is 2. The summed E-state index contributed by atoms with van der Waals surface area (Å²) in [6.07, 6.45) is 0.244. The molecule has 0 radical (unpaired) electrons. The molecule has 0 fully saturated rings. The molecule has 1 atom stereocenters. The Morgan fingerprint density at radius 1 is 0.926 bits per heavy atom. The number of amides is 2. The Kier molecular flexibility index (Phi) is 6.24. The highest BCUT2D eigenvalue weighted by molar-refractivity contribution is 9.10. The van der Waals surface area contributed by atoms with Crippen LogP contribution in [0.2, 0.25) is 0 Å². The van der Waals surface area contributed by atoms with Gasteiger partial charge in [0.2, 0.25) is 11.8 Å². The van der Waals surface area contributed by atoms with Crippen molar-refractivity contribution in [2.45, 2.75) is 19.4 Å². The van der Waals surface area contributed by atoms with E-state index in [4.69, 9.17) is 0 Å². The molecule has 5 heteroatoms. The van der Waals surface area contributed by atoms with Gasteiger partial charge in [-0.2, -0.15) is 0 Å². The number of fused-ring (bicyclic) bond motifs is 1. The summed E-state index contributed by atoms with van der Waals surface area (Å²) < 4.78 is 0.942. The zero-order valence-corrected chi connectivity index (χ0v) is 16.6. The molecule has 0 aliphatic heterocycles. The summed E-state index contributed by atoms with van der Waals surface area (Å²) in [5, 5.41) is 7.76. The predicted octanol–water partition coefficient (Wildman–Crippen LogP) is 4.14. The molecule has 0 aromatic heterocycles. The van der Waals surface area contributed by atoms with Gasteiger partial charge in [0.1, 0.15) is 0 Å². The second-order valence-electron chi connectivity index (χ2n) is 6.40. The summed E-state index contributed by atoms with van der Waals surface area (Å²) in [4.78, 5) is 24.4. The number of hydrogen-bond acceptors (Lipinski definition) is 2. The maximum absolute atomic E-state index is 12.3. The van der Waals surface area contributed by atoms with E-state index >= 15 is 0 Å². The van der Waals surface area contributed by atoms with E-state index in [1.54, 1.807) is 0 Å². The van der Waals surface area contributed by atoms with Crippen molar-refractivity contribution in [3.8, 4) is 0 Å². The number of hydrogen-bond donors (Lipinski definition) is 2. The van der Waals surface area contributed by atoms with E-state index in [1.165, 1.54) is 0 Å². The first kappa shape index (κ1) is 19.1. The topological polar surface area (TPSA) is 58.2 Å². The van der Waals surface area contributed by atoms with E-state index in [9.17, 15) is 9.59 Å². The van der Waals surface area contributed by atoms with Gasteiger partial charge in [-0.15, -0.1) is 0 Å². The molecule has 0 aliphatic rings. The van der Waals surface area contributed by atoms with Gasteiger partial charge in [-0.1, -0.05) is 76.6 Å². The van der Waals surface area contributed by atoms with Gasteiger partial charge < -0.3 is 10.6 Å². The zero-order valence-electron chi connectivity index (χ0n) is 15.0. The van der Waals surface area contributed by atoms with Crippen LogP contribution >= 0.6 is 15.9 Å². The third-order valence-electron chi connectivity index (χ3n) is 4.43. The SMILES string of the molecule is CC(NC(=O)CNC(=O)Cc1cccc2ccccc12)c1ccccc1Br. The Hall–Kier alpha value is -2.66. The summed E-state index contributed by atoms with van der Waals surface area (Å²) in [5.41, 5.74) is 1.94. The number of nitrogens with one attached hydrogen (secondary N) is 2. The van der Waals surface area contributed by atoms with E-state index in [1.807, 2.05) is 73.7 Å². The Balaban J connectivity index is 1.54. The van der Waals surface area contributed by atoms with Crippen LogP contribution in [0.4, 0.5) is 0 Å². The van der Waals surface area contributed by atoms with Crippen LogP contribution in [0, 0.1) is 0 Å². The highest BCUT2D eigenvalue weighted by atomic mass is 79.9. The first-order chi connectivity index (χ1) is 13.0. The maximum Gasteiger partial charge on any atom is 0.239 e. The Labute approximate surface area is 167 Å². The molecule has 138 valence electrons. The van der Waals surface area contributed by atoms with Crippen molar-refractivity contribution in [1.82, 2.24) is 10.6 Å². The minimum atomic E-state index is -0.218. The molecule has 0 saturated heterocycles. The lowest BCUT2D eigenvalue weighted by atomic mass is 10.0. The molecule has 3 aromatic rings. The van der Waals surface area contributed by atoms with Crippen LogP contribution in [0.15, 0.2) is 71.2 Å². The lowest BCUT2D eigenvalue weighted by Gasteiger charge is -2.16. The summed E-state index contributed by atoms with van der Waals surface area (Å²) in [5.74, 6) is -0.389. The molecule has 2 N–H and O–H groups in total. The highest BCUT2D eigenvalue weighted by Crippen LogP contribution is 2.22. The Morgan fingerprint density at radius 3 is 2.44 bits per heavy atom. The first-order valence-electron chi connectivity index (χ1n) is 8.81. The molecular weight excluding hydrogens is 404 g/mol. The van der Waals surface area contributed by atoms with Crippen molar-refractivity contribution in [3.63, 3.8) is 0 Å². The third-order valence-corrected chi connectivity index (χ3v) is 5.15. The summed E-state index contributed by atoms with van der Waals surface area (Å²) >= 11 is 3.48. The van der Waals surface area contributed by atoms with Gasteiger partial charge in [0.05, 0.1) is 19.0 Å². The van der Waals surface area contributed by atoms with Gasteiger partial charge in [-0.25, -0.2) is 0 Å². The van der Waals surface area contributed by atoms with Gasteiger partial charge in [0.15, 0.2) is 0 Å². The fraction of sp³-hybridized carbons (Fsp3) is 0.182. The van der Waals surface area contributed by atoms with Gasteiger partial charge in [-0.3, -0.25) is 9.59 Å². The maximum atomic E-state index is 12.3. The molecule has 27 heavy (non-hydrogen) atoms. The predicted molar refractivity (Wildman–Crippen MR) is 111 cm³/mol. The van der Waals surface area contributed by atoms with Crippen LogP contribution in [0.5, 0.6) is 0 Å². The molecule has 3 rings (SSSR count). The molecule has 2 amide bonds. The summed E-state index contributed by atoms with van der Waals surface area (Å²) in [7, 11) is 0. The van der Waals surface area contributed by atoms with Crippen molar-refractivity contribution >= 4 is 38.5 Å². The standard InChI is InChI=1S/C22H21BrN2O2/c1-15(18-10-4-5-12-20(18)23)25-22(27)14-24-21(26)13-17-9-6-8-16-7-2-3-11-19(16)17/h2-12,15H,13-14H2,1H3,(H,24,26)(H,25,27). The average Bonchev–Trinajstić information content (AvgIpc) is 2.67. The number of carbonyl (C=O) groups excluding carboxylic acids is 2. The van der Waals surface area contributed by atoms with Gasteiger partial charge in [0, 0.05) is 4.47 Å². The molecule has 0 aliphatic carbocycles. The number of rotatable bonds is 6. The van der Waals surface area contributed by atoms with Crippen LogP contribution in [0.25, 0.3) is 10.8 Å². The molecule has 1 unspecified atom stereocenters. The molecule has 0 spiro atoms. The number of benzene rings is 3. The van der Waals surface area contributed by atoms with Crippen LogP contribution in [0.1, 0.15) is 24.1 Å². The first-order valence-corrected chi connectivity index (χ1v) is 9.61. The van der Waals surface area contributed by atoms with Gasteiger partial charge >= 0.3 is 0 Å². The second-order valence-corrected chi connectivity index (χ2v) is 7.26. The van der Waals surface area contributed by atoms with Crippen LogP contribution in [-0.2, 0) is 16.0 Å². The molecule has 0 heterocycles. The smallest absolute Gasteiger partial charge is 0.239 e. The quantitative estimate of drug-likeness (QED) is 0.624. The van der Waals surface area contributed by atoms with E-state index < -0.39 is 0 Å². The van der Waals surface area contributed by atoms with E-state index in [-0.39, 0.29) is 30.8 Å². The molecular formula is C22H21BrN2O2. The molecule has 0 saturated carbocycles. The Bertz CT molecular complexity index is 966. The highest BCUT2D eigenvalue weighted by Gasteiger charge is 2.13. The fourth-order valence-corrected chi connectivity index (χ4v) is 3.69. The molecule has 4 nitrogen and oxygen atoms in total. The van der Waals surface area contributed by atoms with Crippen molar-refractivity contribution in [1.29, 1.82) is 0 Å². The van der Waals surface area contributed by atoms with E-state index in [0.29, 0.717) is 0 Å². The third kappa shape index (κ3) is 4.95. The average molecular weight is 425 g/mol. The van der Waals surface area contributed by atoms with Crippen LogP contribution in [0.3, 0.4) is 0 Å². The van der Waals surface area contributed by atoms with Crippen molar-refractivity contribution in [2.75, 3.05) is 6.54 Å². The molecule has 3 aromatic carbocycles. The monoisotopic (exact) mass is 424 g/mol.